The second-order valence-electron chi connectivity index (χ2n) is 5.48. The van der Waals surface area contributed by atoms with E-state index in [0.717, 1.165) is 12.8 Å². The number of rotatable bonds is 4. The van der Waals surface area contributed by atoms with E-state index in [1.165, 1.54) is 0 Å². The van der Waals surface area contributed by atoms with Crippen LogP contribution in [-0.2, 0) is 10.4 Å². The van der Waals surface area contributed by atoms with Gasteiger partial charge in [0, 0.05) is 5.02 Å². The average molecular weight is 269 g/mol. The van der Waals surface area contributed by atoms with Gasteiger partial charge in [-0.05, 0) is 50.3 Å². The number of aliphatic hydroxyl groups is 1. The molecule has 0 aliphatic heterocycles. The molecule has 2 N–H and O–H groups in total. The molecule has 1 fully saturated rings. The summed E-state index contributed by atoms with van der Waals surface area (Å²) in [4.78, 5) is 11.5. The van der Waals surface area contributed by atoms with Crippen LogP contribution in [0.2, 0.25) is 5.02 Å². The van der Waals surface area contributed by atoms with Gasteiger partial charge in [0.2, 0.25) is 0 Å². The monoisotopic (exact) mass is 268 g/mol. The fraction of sp³-hybridized carbons (Fsp3) is 0.500. The second-order valence-corrected chi connectivity index (χ2v) is 5.91. The van der Waals surface area contributed by atoms with Gasteiger partial charge in [-0.1, -0.05) is 23.7 Å². The van der Waals surface area contributed by atoms with E-state index in [2.05, 4.69) is 0 Å². The van der Waals surface area contributed by atoms with Crippen molar-refractivity contribution in [3.05, 3.63) is 34.9 Å². The van der Waals surface area contributed by atoms with Crippen molar-refractivity contribution in [2.75, 3.05) is 0 Å². The van der Waals surface area contributed by atoms with Crippen LogP contribution in [0.4, 0.5) is 0 Å². The fourth-order valence-corrected chi connectivity index (χ4v) is 2.60. The normalized spacial score (nSPS) is 19.3. The average Bonchev–Trinajstić information content (AvgIpc) is 3.12. The van der Waals surface area contributed by atoms with Gasteiger partial charge < -0.3 is 10.2 Å². The quantitative estimate of drug-likeness (QED) is 0.882. The Hall–Kier alpha value is -1.06. The van der Waals surface area contributed by atoms with Crippen LogP contribution in [0.25, 0.3) is 0 Å². The van der Waals surface area contributed by atoms with Crippen LogP contribution in [0.15, 0.2) is 24.3 Å². The summed E-state index contributed by atoms with van der Waals surface area (Å²) in [6, 6.07) is 6.79. The molecule has 1 unspecified atom stereocenters. The number of carbonyl (C=O) groups is 1. The van der Waals surface area contributed by atoms with Crippen molar-refractivity contribution >= 4 is 17.6 Å². The van der Waals surface area contributed by atoms with Gasteiger partial charge in [-0.25, -0.2) is 0 Å². The molecule has 1 atom stereocenters. The molecule has 18 heavy (non-hydrogen) atoms. The zero-order valence-electron chi connectivity index (χ0n) is 10.5. The summed E-state index contributed by atoms with van der Waals surface area (Å²) in [5.41, 5.74) is -1.95. The summed E-state index contributed by atoms with van der Waals surface area (Å²) in [6.07, 6.45) is 1.71. The molecule has 1 aliphatic rings. The Labute approximate surface area is 111 Å². The number of hydrogen-bond acceptors (Lipinski definition) is 2. The van der Waals surface area contributed by atoms with Crippen molar-refractivity contribution in [1.29, 1.82) is 0 Å². The molecule has 0 amide bonds. The standard InChI is InChI=1S/C14H17ClO3/c1-13(2,12(16)17)14(18,9-3-4-9)10-5-7-11(15)8-6-10/h5-9,18H,3-4H2,1-2H3,(H,16,17). The number of benzene rings is 1. The molecule has 1 aromatic rings. The lowest BCUT2D eigenvalue weighted by molar-refractivity contribution is -0.170. The Morgan fingerprint density at radius 2 is 1.78 bits per heavy atom. The van der Waals surface area contributed by atoms with Crippen LogP contribution in [0, 0.1) is 11.3 Å². The van der Waals surface area contributed by atoms with Gasteiger partial charge in [0.05, 0.1) is 5.41 Å². The van der Waals surface area contributed by atoms with E-state index in [1.54, 1.807) is 38.1 Å². The lowest BCUT2D eigenvalue weighted by Crippen LogP contribution is -2.48. The van der Waals surface area contributed by atoms with Crippen LogP contribution in [0.3, 0.4) is 0 Å². The molecule has 0 radical (unpaired) electrons. The summed E-state index contributed by atoms with van der Waals surface area (Å²) in [7, 11) is 0. The summed E-state index contributed by atoms with van der Waals surface area (Å²) in [5, 5.41) is 20.9. The van der Waals surface area contributed by atoms with Crippen LogP contribution in [0.5, 0.6) is 0 Å². The number of carboxylic acids is 1. The molecule has 3 nitrogen and oxygen atoms in total. The van der Waals surface area contributed by atoms with Gasteiger partial charge in [-0.15, -0.1) is 0 Å². The molecule has 0 aromatic heterocycles. The predicted octanol–water partition coefficient (Wildman–Crippen LogP) is 3.05. The van der Waals surface area contributed by atoms with E-state index < -0.39 is 17.0 Å². The first-order chi connectivity index (χ1) is 8.30. The third-order valence-corrected chi connectivity index (χ3v) is 4.19. The summed E-state index contributed by atoms with van der Waals surface area (Å²) in [6.45, 7) is 3.14. The van der Waals surface area contributed by atoms with Crippen molar-refractivity contribution in [3.8, 4) is 0 Å². The van der Waals surface area contributed by atoms with E-state index in [4.69, 9.17) is 11.6 Å². The highest BCUT2D eigenvalue weighted by atomic mass is 35.5. The molecule has 0 saturated heterocycles. The van der Waals surface area contributed by atoms with Crippen molar-refractivity contribution in [1.82, 2.24) is 0 Å². The summed E-state index contributed by atoms with van der Waals surface area (Å²) < 4.78 is 0. The molecular weight excluding hydrogens is 252 g/mol. The maximum atomic E-state index is 11.5. The van der Waals surface area contributed by atoms with Crippen LogP contribution in [-0.4, -0.2) is 16.2 Å². The molecule has 1 aliphatic carbocycles. The van der Waals surface area contributed by atoms with Gasteiger partial charge in [-0.2, -0.15) is 0 Å². The minimum Gasteiger partial charge on any atom is -0.481 e. The summed E-state index contributed by atoms with van der Waals surface area (Å²) >= 11 is 5.84. The van der Waals surface area contributed by atoms with Gasteiger partial charge in [0.25, 0.3) is 0 Å². The molecule has 0 bridgehead atoms. The number of carboxylic acid groups (broad SMARTS) is 1. The highest BCUT2D eigenvalue weighted by Crippen LogP contribution is 2.55. The summed E-state index contributed by atoms with van der Waals surface area (Å²) in [5.74, 6) is -0.989. The molecule has 1 aromatic carbocycles. The highest BCUT2D eigenvalue weighted by Gasteiger charge is 2.58. The van der Waals surface area contributed by atoms with Crippen molar-refractivity contribution in [2.24, 2.45) is 11.3 Å². The largest absolute Gasteiger partial charge is 0.481 e. The minimum atomic E-state index is -1.34. The molecule has 0 spiro atoms. The maximum Gasteiger partial charge on any atom is 0.312 e. The molecule has 4 heteroatoms. The lowest BCUT2D eigenvalue weighted by Gasteiger charge is -2.40. The Morgan fingerprint density at radius 3 is 2.17 bits per heavy atom. The fourth-order valence-electron chi connectivity index (χ4n) is 2.47. The molecule has 1 saturated carbocycles. The van der Waals surface area contributed by atoms with Gasteiger partial charge in [0.15, 0.2) is 0 Å². The van der Waals surface area contributed by atoms with Crippen LogP contribution in [0.1, 0.15) is 32.3 Å². The SMILES string of the molecule is CC(C)(C(=O)O)C(O)(c1ccc(Cl)cc1)C1CC1. The predicted molar refractivity (Wildman–Crippen MR) is 69.5 cm³/mol. The van der Waals surface area contributed by atoms with E-state index >= 15 is 0 Å². The lowest BCUT2D eigenvalue weighted by atomic mass is 9.68. The highest BCUT2D eigenvalue weighted by molar-refractivity contribution is 6.30. The number of aliphatic carboxylic acids is 1. The number of halogens is 1. The molecule has 2 rings (SSSR count). The Bertz CT molecular complexity index is 462. The maximum absolute atomic E-state index is 11.5. The first-order valence-corrected chi connectivity index (χ1v) is 6.39. The molecule has 0 heterocycles. The first-order valence-electron chi connectivity index (χ1n) is 6.02. The van der Waals surface area contributed by atoms with E-state index in [1.807, 2.05) is 0 Å². The first kappa shape index (κ1) is 13.4. The van der Waals surface area contributed by atoms with Crippen molar-refractivity contribution < 1.29 is 15.0 Å². The zero-order chi connectivity index (χ0) is 13.6. The Kier molecular flexibility index (Phi) is 3.16. The van der Waals surface area contributed by atoms with E-state index in [9.17, 15) is 15.0 Å². The second kappa shape index (κ2) is 4.25. The zero-order valence-corrected chi connectivity index (χ0v) is 11.2. The van der Waals surface area contributed by atoms with Gasteiger partial charge in [-0.3, -0.25) is 4.79 Å². The Balaban J connectivity index is 2.50. The molecular formula is C14H17ClO3. The van der Waals surface area contributed by atoms with Gasteiger partial charge >= 0.3 is 5.97 Å². The van der Waals surface area contributed by atoms with Crippen molar-refractivity contribution in [3.63, 3.8) is 0 Å². The van der Waals surface area contributed by atoms with Crippen LogP contribution >= 0.6 is 11.6 Å². The van der Waals surface area contributed by atoms with Crippen LogP contribution < -0.4 is 0 Å². The third-order valence-electron chi connectivity index (χ3n) is 3.94. The minimum absolute atomic E-state index is 0.00442. The van der Waals surface area contributed by atoms with Crippen molar-refractivity contribution in [2.45, 2.75) is 32.3 Å². The molecule has 98 valence electrons. The topological polar surface area (TPSA) is 57.5 Å². The van der Waals surface area contributed by atoms with E-state index in [0.29, 0.717) is 10.6 Å². The Morgan fingerprint density at radius 1 is 1.28 bits per heavy atom. The third kappa shape index (κ3) is 1.91. The van der Waals surface area contributed by atoms with Gasteiger partial charge in [0.1, 0.15) is 5.60 Å². The smallest absolute Gasteiger partial charge is 0.312 e. The van der Waals surface area contributed by atoms with E-state index in [-0.39, 0.29) is 5.92 Å². The number of hydrogen-bond donors (Lipinski definition) is 2.